The lowest BCUT2D eigenvalue weighted by Crippen LogP contribution is -2.28. The third-order valence-corrected chi connectivity index (χ3v) is 2.99. The standard InChI is InChI=1S/C13H20N2O3/c1-16-8-5-11(15-14)10-3-4-12-13(9-10)18-7-2-6-17-12/h3-4,9,11,15H,2,5-8,14H2,1H3. The molecule has 0 aliphatic carbocycles. The molecule has 1 aliphatic heterocycles. The topological polar surface area (TPSA) is 65.7 Å². The van der Waals surface area contributed by atoms with E-state index in [1.54, 1.807) is 7.11 Å². The van der Waals surface area contributed by atoms with E-state index in [2.05, 4.69) is 5.43 Å². The van der Waals surface area contributed by atoms with Crippen LogP contribution in [0.2, 0.25) is 0 Å². The van der Waals surface area contributed by atoms with Crippen LogP contribution >= 0.6 is 0 Å². The predicted molar refractivity (Wildman–Crippen MR) is 68.6 cm³/mol. The number of rotatable bonds is 5. The Kier molecular flexibility index (Phi) is 4.81. The van der Waals surface area contributed by atoms with Gasteiger partial charge in [0.25, 0.3) is 0 Å². The molecule has 0 amide bonds. The van der Waals surface area contributed by atoms with Crippen LogP contribution in [0.1, 0.15) is 24.4 Å². The Bertz CT molecular complexity index is 384. The van der Waals surface area contributed by atoms with E-state index in [9.17, 15) is 0 Å². The molecule has 100 valence electrons. The molecule has 1 heterocycles. The number of nitrogens with one attached hydrogen (secondary N) is 1. The van der Waals surface area contributed by atoms with E-state index in [1.165, 1.54) is 0 Å². The molecule has 1 atom stereocenters. The van der Waals surface area contributed by atoms with Crippen LogP contribution in [0.4, 0.5) is 0 Å². The smallest absolute Gasteiger partial charge is 0.161 e. The number of ether oxygens (including phenoxy) is 3. The van der Waals surface area contributed by atoms with Gasteiger partial charge in [-0.15, -0.1) is 0 Å². The van der Waals surface area contributed by atoms with Crippen molar-refractivity contribution >= 4 is 0 Å². The van der Waals surface area contributed by atoms with Gasteiger partial charge in [-0.05, 0) is 24.1 Å². The van der Waals surface area contributed by atoms with Crippen LogP contribution in [-0.2, 0) is 4.74 Å². The Labute approximate surface area is 107 Å². The van der Waals surface area contributed by atoms with Gasteiger partial charge in [-0.1, -0.05) is 6.07 Å². The third kappa shape index (κ3) is 3.13. The molecule has 1 aliphatic rings. The molecule has 5 nitrogen and oxygen atoms in total. The fourth-order valence-corrected chi connectivity index (χ4v) is 1.98. The minimum absolute atomic E-state index is 0.0575. The van der Waals surface area contributed by atoms with Crippen molar-refractivity contribution in [2.75, 3.05) is 26.9 Å². The van der Waals surface area contributed by atoms with E-state index < -0.39 is 0 Å². The third-order valence-electron chi connectivity index (χ3n) is 2.99. The Hall–Kier alpha value is -1.30. The first kappa shape index (κ1) is 13.1. The highest BCUT2D eigenvalue weighted by Gasteiger charge is 2.15. The average molecular weight is 252 g/mol. The number of nitrogens with two attached hydrogens (primary N) is 1. The van der Waals surface area contributed by atoms with E-state index in [0.717, 1.165) is 29.9 Å². The van der Waals surface area contributed by atoms with Crippen molar-refractivity contribution in [2.45, 2.75) is 18.9 Å². The molecule has 5 heteroatoms. The first-order valence-corrected chi connectivity index (χ1v) is 6.19. The lowest BCUT2D eigenvalue weighted by molar-refractivity contribution is 0.183. The van der Waals surface area contributed by atoms with Crippen molar-refractivity contribution in [1.82, 2.24) is 5.43 Å². The molecule has 3 N–H and O–H groups in total. The van der Waals surface area contributed by atoms with Crippen molar-refractivity contribution in [3.63, 3.8) is 0 Å². The molecule has 1 aromatic rings. The van der Waals surface area contributed by atoms with Gasteiger partial charge in [0.05, 0.1) is 13.2 Å². The van der Waals surface area contributed by atoms with Gasteiger partial charge in [-0.25, -0.2) is 0 Å². The van der Waals surface area contributed by atoms with Crippen LogP contribution in [0.3, 0.4) is 0 Å². The van der Waals surface area contributed by atoms with E-state index in [0.29, 0.717) is 19.8 Å². The highest BCUT2D eigenvalue weighted by molar-refractivity contribution is 5.44. The van der Waals surface area contributed by atoms with E-state index in [-0.39, 0.29) is 6.04 Å². The number of hydrazine groups is 1. The van der Waals surface area contributed by atoms with Crippen LogP contribution in [0.5, 0.6) is 11.5 Å². The molecule has 1 aromatic carbocycles. The number of hydrogen-bond acceptors (Lipinski definition) is 5. The fourth-order valence-electron chi connectivity index (χ4n) is 1.98. The second kappa shape index (κ2) is 6.58. The summed E-state index contributed by atoms with van der Waals surface area (Å²) in [5, 5.41) is 0. The van der Waals surface area contributed by atoms with Gasteiger partial charge in [0.1, 0.15) is 0 Å². The van der Waals surface area contributed by atoms with Crippen LogP contribution in [0.15, 0.2) is 18.2 Å². The summed E-state index contributed by atoms with van der Waals surface area (Å²) in [6.45, 7) is 2.05. The summed E-state index contributed by atoms with van der Waals surface area (Å²) < 4.78 is 16.3. The molecule has 2 rings (SSSR count). The highest BCUT2D eigenvalue weighted by atomic mass is 16.5. The van der Waals surface area contributed by atoms with Gasteiger partial charge in [0, 0.05) is 26.2 Å². The minimum Gasteiger partial charge on any atom is -0.490 e. The van der Waals surface area contributed by atoms with Crippen LogP contribution in [0, 0.1) is 0 Å². The molecule has 1 unspecified atom stereocenters. The van der Waals surface area contributed by atoms with Crippen molar-refractivity contribution < 1.29 is 14.2 Å². The van der Waals surface area contributed by atoms with Crippen LogP contribution in [-0.4, -0.2) is 26.9 Å². The Morgan fingerprint density at radius 3 is 2.83 bits per heavy atom. The molecule has 0 fully saturated rings. The quantitative estimate of drug-likeness (QED) is 0.612. The average Bonchev–Trinajstić information content (AvgIpc) is 2.64. The molecule has 0 radical (unpaired) electrons. The van der Waals surface area contributed by atoms with E-state index in [1.807, 2.05) is 18.2 Å². The zero-order valence-corrected chi connectivity index (χ0v) is 10.6. The molecule has 18 heavy (non-hydrogen) atoms. The van der Waals surface area contributed by atoms with Gasteiger partial charge in [-0.2, -0.15) is 0 Å². The summed E-state index contributed by atoms with van der Waals surface area (Å²) in [6.07, 6.45) is 1.72. The number of benzene rings is 1. The Morgan fingerprint density at radius 1 is 1.33 bits per heavy atom. The van der Waals surface area contributed by atoms with Gasteiger partial charge in [0.2, 0.25) is 0 Å². The first-order chi connectivity index (χ1) is 8.85. The fraction of sp³-hybridized carbons (Fsp3) is 0.538. The summed E-state index contributed by atoms with van der Waals surface area (Å²) in [5.41, 5.74) is 3.88. The highest BCUT2D eigenvalue weighted by Crippen LogP contribution is 2.32. The summed E-state index contributed by atoms with van der Waals surface area (Å²) in [6, 6.07) is 5.99. The van der Waals surface area contributed by atoms with E-state index >= 15 is 0 Å². The summed E-state index contributed by atoms with van der Waals surface area (Å²) in [5.74, 6) is 7.17. The molecule has 0 spiro atoms. The van der Waals surface area contributed by atoms with Crippen molar-refractivity contribution in [1.29, 1.82) is 0 Å². The normalized spacial score (nSPS) is 16.1. The molecule has 0 saturated heterocycles. The second-order valence-corrected chi connectivity index (χ2v) is 4.26. The summed E-state index contributed by atoms with van der Waals surface area (Å²) >= 11 is 0. The maximum absolute atomic E-state index is 5.66. The molecule has 0 bridgehead atoms. The van der Waals surface area contributed by atoms with Crippen molar-refractivity contribution in [2.24, 2.45) is 5.84 Å². The predicted octanol–water partition coefficient (Wildman–Crippen LogP) is 1.39. The molecule has 0 aromatic heterocycles. The summed E-state index contributed by atoms with van der Waals surface area (Å²) in [4.78, 5) is 0. The maximum Gasteiger partial charge on any atom is 0.161 e. The zero-order valence-electron chi connectivity index (χ0n) is 10.6. The monoisotopic (exact) mass is 252 g/mol. The zero-order chi connectivity index (χ0) is 12.8. The SMILES string of the molecule is COCCC(NN)c1ccc2c(c1)OCCCO2. The number of fused-ring (bicyclic) bond motifs is 1. The Morgan fingerprint density at radius 2 is 2.11 bits per heavy atom. The maximum atomic E-state index is 5.66. The van der Waals surface area contributed by atoms with Gasteiger partial charge in [-0.3, -0.25) is 11.3 Å². The lowest BCUT2D eigenvalue weighted by Gasteiger charge is -2.17. The largest absolute Gasteiger partial charge is 0.490 e. The first-order valence-electron chi connectivity index (χ1n) is 6.19. The molecular weight excluding hydrogens is 232 g/mol. The van der Waals surface area contributed by atoms with Crippen LogP contribution in [0.25, 0.3) is 0 Å². The molecular formula is C13H20N2O3. The molecule has 0 saturated carbocycles. The second-order valence-electron chi connectivity index (χ2n) is 4.26. The lowest BCUT2D eigenvalue weighted by atomic mass is 10.0. The minimum atomic E-state index is 0.0575. The van der Waals surface area contributed by atoms with Crippen molar-refractivity contribution in [3.05, 3.63) is 23.8 Å². The number of methoxy groups -OCH3 is 1. The number of hydrogen-bond donors (Lipinski definition) is 2. The van der Waals surface area contributed by atoms with Gasteiger partial charge >= 0.3 is 0 Å². The summed E-state index contributed by atoms with van der Waals surface area (Å²) in [7, 11) is 1.68. The van der Waals surface area contributed by atoms with Crippen molar-refractivity contribution in [3.8, 4) is 11.5 Å². The van der Waals surface area contributed by atoms with Gasteiger partial charge < -0.3 is 14.2 Å². The Balaban J connectivity index is 2.15. The van der Waals surface area contributed by atoms with Crippen LogP contribution < -0.4 is 20.7 Å². The van der Waals surface area contributed by atoms with Gasteiger partial charge in [0.15, 0.2) is 11.5 Å². The van der Waals surface area contributed by atoms with E-state index in [4.69, 9.17) is 20.1 Å².